The largest absolute Gasteiger partial charge is 0.480 e. The first-order chi connectivity index (χ1) is 9.13. The van der Waals surface area contributed by atoms with Crippen molar-refractivity contribution >= 4 is 28.2 Å². The van der Waals surface area contributed by atoms with Crippen molar-refractivity contribution in [1.29, 1.82) is 0 Å². The summed E-state index contributed by atoms with van der Waals surface area (Å²) in [7, 11) is 0. The fraction of sp³-hybridized carbons (Fsp3) is 0.417. The Balaban J connectivity index is 1.64. The third-order valence-electron chi connectivity index (χ3n) is 3.16. The summed E-state index contributed by atoms with van der Waals surface area (Å²) in [6.07, 6.45) is 5.52. The Kier molecular flexibility index (Phi) is 2.98. The lowest BCUT2D eigenvalue weighted by Gasteiger charge is -2.12. The molecule has 19 heavy (non-hydrogen) atoms. The van der Waals surface area contributed by atoms with E-state index in [0.717, 1.165) is 17.8 Å². The van der Waals surface area contributed by atoms with Gasteiger partial charge in [0.05, 0.1) is 12.1 Å². The van der Waals surface area contributed by atoms with Gasteiger partial charge in [-0.25, -0.2) is 9.78 Å². The van der Waals surface area contributed by atoms with Crippen LogP contribution >= 0.6 is 11.3 Å². The van der Waals surface area contributed by atoms with Crippen molar-refractivity contribution in [3.63, 3.8) is 0 Å². The lowest BCUT2D eigenvalue weighted by molar-refractivity contribution is -0.142. The topological polar surface area (TPSA) is 83.7 Å². The Hall–Kier alpha value is -1.89. The molecule has 2 N–H and O–H groups in total. The Labute approximate surface area is 113 Å². The molecule has 2 heterocycles. The van der Waals surface area contributed by atoms with Crippen LogP contribution in [0.3, 0.4) is 0 Å². The molecule has 0 aromatic carbocycles. The summed E-state index contributed by atoms with van der Waals surface area (Å²) in [4.78, 5) is 28.0. The molecular formula is C12H13N3O3S. The van der Waals surface area contributed by atoms with Crippen molar-refractivity contribution in [1.82, 2.24) is 14.7 Å². The van der Waals surface area contributed by atoms with E-state index < -0.39 is 12.0 Å². The van der Waals surface area contributed by atoms with E-state index in [2.05, 4.69) is 10.3 Å². The minimum absolute atomic E-state index is 0.0898. The number of carboxylic acids is 1. The van der Waals surface area contributed by atoms with E-state index in [9.17, 15) is 9.59 Å². The van der Waals surface area contributed by atoms with Gasteiger partial charge in [-0.2, -0.15) is 0 Å². The number of rotatable bonds is 5. The number of carbonyl (C=O) groups is 2. The van der Waals surface area contributed by atoms with E-state index >= 15 is 0 Å². The summed E-state index contributed by atoms with van der Waals surface area (Å²) in [5, 5.41) is 13.5. The van der Waals surface area contributed by atoms with Crippen LogP contribution in [-0.4, -0.2) is 32.4 Å². The maximum Gasteiger partial charge on any atom is 0.326 e. The average molecular weight is 279 g/mol. The average Bonchev–Trinajstić information content (AvgIpc) is 2.97. The number of nitrogens with zero attached hydrogens (tertiary/aromatic N) is 2. The molecule has 1 fully saturated rings. The van der Waals surface area contributed by atoms with Crippen molar-refractivity contribution in [2.45, 2.75) is 25.3 Å². The first-order valence-corrected chi connectivity index (χ1v) is 6.94. The summed E-state index contributed by atoms with van der Waals surface area (Å²) < 4.78 is 1.85. The second-order valence-corrected chi connectivity index (χ2v) is 5.60. The number of nitrogens with one attached hydrogen (secondary N) is 1. The van der Waals surface area contributed by atoms with Crippen LogP contribution in [-0.2, 0) is 16.0 Å². The number of aliphatic carboxylic acids is 1. The van der Waals surface area contributed by atoms with Crippen LogP contribution in [0.4, 0.5) is 0 Å². The van der Waals surface area contributed by atoms with Crippen LogP contribution in [0, 0.1) is 5.92 Å². The molecule has 2 aromatic heterocycles. The van der Waals surface area contributed by atoms with Gasteiger partial charge in [0.1, 0.15) is 6.04 Å². The molecule has 3 rings (SSSR count). The van der Waals surface area contributed by atoms with Crippen molar-refractivity contribution < 1.29 is 14.7 Å². The second-order valence-electron chi connectivity index (χ2n) is 4.72. The van der Waals surface area contributed by atoms with E-state index in [4.69, 9.17) is 5.11 Å². The fourth-order valence-corrected chi connectivity index (χ4v) is 2.78. The van der Waals surface area contributed by atoms with Gasteiger partial charge in [0.15, 0.2) is 4.96 Å². The van der Waals surface area contributed by atoms with Crippen LogP contribution in [0.15, 0.2) is 17.8 Å². The van der Waals surface area contributed by atoms with Gasteiger partial charge < -0.3 is 10.4 Å². The number of hydrogen-bond acceptors (Lipinski definition) is 4. The molecule has 2 aromatic rings. The van der Waals surface area contributed by atoms with E-state index in [1.54, 1.807) is 6.20 Å². The predicted octanol–water partition coefficient (Wildman–Crippen LogP) is 0.918. The summed E-state index contributed by atoms with van der Waals surface area (Å²) in [5.41, 5.74) is 0.657. The lowest BCUT2D eigenvalue weighted by atomic mass is 10.2. The third-order valence-corrected chi connectivity index (χ3v) is 3.93. The fourth-order valence-electron chi connectivity index (χ4n) is 2.06. The maximum absolute atomic E-state index is 11.8. The number of hydrogen-bond donors (Lipinski definition) is 2. The third kappa shape index (κ3) is 2.60. The Bertz CT molecular complexity index is 600. The molecular weight excluding hydrogens is 266 g/mol. The summed E-state index contributed by atoms with van der Waals surface area (Å²) in [6, 6.07) is -0.753. The second kappa shape index (κ2) is 4.65. The maximum atomic E-state index is 11.8. The van der Waals surface area contributed by atoms with Gasteiger partial charge in [0.2, 0.25) is 5.91 Å². The van der Waals surface area contributed by atoms with E-state index in [1.807, 2.05) is 16.0 Å². The van der Waals surface area contributed by atoms with Crippen molar-refractivity contribution in [2.75, 3.05) is 0 Å². The van der Waals surface area contributed by atoms with Crippen molar-refractivity contribution in [3.05, 3.63) is 23.5 Å². The highest BCUT2D eigenvalue weighted by molar-refractivity contribution is 7.15. The van der Waals surface area contributed by atoms with Gasteiger partial charge >= 0.3 is 5.97 Å². The zero-order valence-corrected chi connectivity index (χ0v) is 10.9. The Morgan fingerprint density at radius 3 is 3.00 bits per heavy atom. The summed E-state index contributed by atoms with van der Waals surface area (Å²) >= 11 is 1.49. The first-order valence-electron chi connectivity index (χ1n) is 6.07. The molecule has 1 aliphatic rings. The standard InChI is InChI=1S/C12H13N3O3S/c16-9(14-10(11(17)18)7-1-2-7)5-8-6-15-3-4-19-12(15)13-8/h3-4,6-7,10H,1-2,5H2,(H,14,16)(H,17,18). The van der Waals surface area contributed by atoms with Crippen molar-refractivity contribution in [3.8, 4) is 0 Å². The van der Waals surface area contributed by atoms with Crippen LogP contribution in [0.5, 0.6) is 0 Å². The smallest absolute Gasteiger partial charge is 0.326 e. The van der Waals surface area contributed by atoms with Crippen LogP contribution < -0.4 is 5.32 Å². The normalized spacial score (nSPS) is 16.4. The molecule has 0 bridgehead atoms. The van der Waals surface area contributed by atoms with Gasteiger partial charge in [-0.3, -0.25) is 9.20 Å². The van der Waals surface area contributed by atoms with E-state index in [-0.39, 0.29) is 18.2 Å². The molecule has 1 aliphatic carbocycles. The zero-order chi connectivity index (χ0) is 13.4. The molecule has 1 amide bonds. The number of amides is 1. The molecule has 7 heteroatoms. The number of carboxylic acid groups (broad SMARTS) is 1. The monoisotopic (exact) mass is 279 g/mol. The van der Waals surface area contributed by atoms with Crippen LogP contribution in [0.25, 0.3) is 4.96 Å². The molecule has 0 saturated heterocycles. The minimum atomic E-state index is -0.957. The highest BCUT2D eigenvalue weighted by Gasteiger charge is 2.37. The predicted molar refractivity (Wildman–Crippen MR) is 69.1 cm³/mol. The Morgan fingerprint density at radius 1 is 1.58 bits per heavy atom. The van der Waals surface area contributed by atoms with E-state index in [1.165, 1.54) is 11.3 Å². The van der Waals surface area contributed by atoms with Gasteiger partial charge in [-0.05, 0) is 18.8 Å². The molecule has 1 unspecified atom stereocenters. The van der Waals surface area contributed by atoms with Crippen LogP contribution in [0.2, 0.25) is 0 Å². The number of aromatic nitrogens is 2. The molecule has 0 aliphatic heterocycles. The SMILES string of the molecule is O=C(Cc1cn2ccsc2n1)NC(C(=O)O)C1CC1. The zero-order valence-electron chi connectivity index (χ0n) is 10.1. The van der Waals surface area contributed by atoms with Gasteiger partial charge in [-0.1, -0.05) is 0 Å². The molecule has 0 spiro atoms. The van der Waals surface area contributed by atoms with Gasteiger partial charge in [0, 0.05) is 17.8 Å². The Morgan fingerprint density at radius 2 is 2.37 bits per heavy atom. The number of thiazole rings is 1. The molecule has 0 radical (unpaired) electrons. The number of fused-ring (bicyclic) bond motifs is 1. The minimum Gasteiger partial charge on any atom is -0.480 e. The molecule has 6 nitrogen and oxygen atoms in total. The molecule has 100 valence electrons. The number of imidazole rings is 1. The number of carbonyl (C=O) groups excluding carboxylic acids is 1. The summed E-state index contributed by atoms with van der Waals surface area (Å²) in [6.45, 7) is 0. The van der Waals surface area contributed by atoms with Crippen molar-refractivity contribution in [2.24, 2.45) is 5.92 Å². The quantitative estimate of drug-likeness (QED) is 0.852. The first kappa shape index (κ1) is 12.2. The van der Waals surface area contributed by atoms with E-state index in [0.29, 0.717) is 5.69 Å². The highest BCUT2D eigenvalue weighted by atomic mass is 32.1. The molecule has 1 saturated carbocycles. The summed E-state index contributed by atoms with van der Waals surface area (Å²) in [5.74, 6) is -1.15. The molecule has 1 atom stereocenters. The van der Waals surface area contributed by atoms with Gasteiger partial charge in [-0.15, -0.1) is 11.3 Å². The van der Waals surface area contributed by atoms with Crippen LogP contribution in [0.1, 0.15) is 18.5 Å². The van der Waals surface area contributed by atoms with Gasteiger partial charge in [0.25, 0.3) is 0 Å². The lowest BCUT2D eigenvalue weighted by Crippen LogP contribution is -2.43. The highest BCUT2D eigenvalue weighted by Crippen LogP contribution is 2.32.